The molecule has 8 heteroatoms. The molecule has 0 amide bonds. The summed E-state index contributed by atoms with van der Waals surface area (Å²) >= 11 is 0. The Bertz CT molecular complexity index is 3140. The fourth-order valence-electron chi connectivity index (χ4n) is 7.86. The van der Waals surface area contributed by atoms with E-state index in [0.29, 0.717) is 28.6 Å². The van der Waals surface area contributed by atoms with E-state index < -0.39 is 20.8 Å². The summed E-state index contributed by atoms with van der Waals surface area (Å²) in [6.45, 7) is 17.3. The molecule has 0 aliphatic heterocycles. The van der Waals surface area contributed by atoms with Crippen LogP contribution in [0.5, 0.6) is 0 Å². The Kier molecular flexibility index (Phi) is 10.7. The van der Waals surface area contributed by atoms with Gasteiger partial charge in [-0.15, -0.1) is 48.0 Å². The third kappa shape index (κ3) is 8.13. The van der Waals surface area contributed by atoms with Crippen molar-refractivity contribution in [3.63, 3.8) is 0 Å². The second-order valence-electron chi connectivity index (χ2n) is 17.1. The summed E-state index contributed by atoms with van der Waals surface area (Å²) in [5, 5.41) is 3.66. The number of fused-ring (bicyclic) bond motifs is 5. The Morgan fingerprint density at radius 3 is 2.20 bits per heavy atom. The van der Waals surface area contributed by atoms with Crippen LogP contribution >= 0.6 is 0 Å². The van der Waals surface area contributed by atoms with Gasteiger partial charge in [0.05, 0.1) is 36.0 Å². The van der Waals surface area contributed by atoms with Crippen molar-refractivity contribution in [2.75, 3.05) is 0 Å². The molecule has 0 saturated carbocycles. The Morgan fingerprint density at radius 2 is 1.53 bits per heavy atom. The van der Waals surface area contributed by atoms with Gasteiger partial charge in [0.2, 0.25) is 5.71 Å². The predicted molar refractivity (Wildman–Crippen MR) is 246 cm³/mol. The van der Waals surface area contributed by atoms with Crippen LogP contribution in [0.4, 0.5) is 4.39 Å². The molecular formula is C52H51FIrN4OSi-2. The number of halogens is 1. The first-order chi connectivity index (χ1) is 29.7. The van der Waals surface area contributed by atoms with E-state index in [1.807, 2.05) is 62.5 Å². The molecule has 0 N–H and O–H groups in total. The number of hydrogen-bond donors (Lipinski definition) is 0. The number of nitrogens with zero attached hydrogens (tertiary/aromatic N) is 4. The molecular weight excluding hydrogens is 936 g/mol. The summed E-state index contributed by atoms with van der Waals surface area (Å²) in [5.41, 5.74) is 10.9. The summed E-state index contributed by atoms with van der Waals surface area (Å²) in [6.07, 6.45) is 1.89. The number of benzene rings is 5. The van der Waals surface area contributed by atoms with E-state index in [4.69, 9.17) is 19.9 Å². The zero-order valence-electron chi connectivity index (χ0n) is 39.5. The molecule has 0 saturated heterocycles. The number of rotatable bonds is 7. The third-order valence-corrected chi connectivity index (χ3v) is 12.9. The van der Waals surface area contributed by atoms with Gasteiger partial charge in [0.25, 0.3) is 0 Å². The van der Waals surface area contributed by atoms with Crippen LogP contribution in [0.3, 0.4) is 0 Å². The number of aryl methyl sites for hydroxylation is 1. The van der Waals surface area contributed by atoms with Crippen molar-refractivity contribution in [1.29, 1.82) is 0 Å². The zero-order valence-corrected chi connectivity index (χ0v) is 38.9. The molecule has 0 unspecified atom stereocenters. The van der Waals surface area contributed by atoms with E-state index in [0.717, 1.165) is 61.1 Å². The summed E-state index contributed by atoms with van der Waals surface area (Å²) in [5.74, 6) is 0.363. The molecule has 9 rings (SSSR count). The standard InChI is InChI=1S/C35H30N3O.C17H21FNSi.Ir/c1-20(2)24-10-8-11-25(21(3)4)32(24)38-31-15-7-6-14-30(31)36-34(38)27-13-9-12-26-28-19-23-18-22(5)16-17-29(23)37-35(28)39-33(26)27;1-12(2)15-10-16(13-6-8-14(18)9-7-13)19-11-17(15)20(3,4)5;/h6-12,14-21H,1-5H3;6,8-12H,1-5H3;/q2*-1;/i5D3;12D;. The summed E-state index contributed by atoms with van der Waals surface area (Å²) in [6, 6.07) is 38.4. The van der Waals surface area contributed by atoms with E-state index in [1.165, 1.54) is 28.4 Å². The van der Waals surface area contributed by atoms with Gasteiger partial charge in [-0.1, -0.05) is 126 Å². The van der Waals surface area contributed by atoms with Crippen molar-refractivity contribution in [3.8, 4) is 28.3 Å². The SMILES string of the molecule is [2H]C(C)(C)c1cc(-c2[c-]cc(F)cc2)ncc1[Si](C)(C)C.[2H]C([2H])([2H])c1ccc2nc3oc4c(-c5nc6ccccc6n5-c5c(C(C)C)cccc5C(C)C)[c-]ccc4c3cc2c1.[Ir]. The zero-order chi connectivity index (χ0) is 45.2. The van der Waals surface area contributed by atoms with Crippen LogP contribution in [0.15, 0.2) is 114 Å². The molecule has 9 aromatic rings. The minimum atomic E-state index is -2.19. The molecule has 0 bridgehead atoms. The quantitative estimate of drug-likeness (QED) is 0.118. The smallest absolute Gasteiger partial charge is 0.216 e. The van der Waals surface area contributed by atoms with Gasteiger partial charge in [-0.2, -0.15) is 0 Å². The third-order valence-electron chi connectivity index (χ3n) is 10.9. The van der Waals surface area contributed by atoms with Gasteiger partial charge < -0.3 is 14.0 Å². The average Bonchev–Trinajstić information content (AvgIpc) is 3.79. The molecule has 0 fully saturated rings. The minimum absolute atomic E-state index is 0. The molecule has 0 aliphatic carbocycles. The van der Waals surface area contributed by atoms with Gasteiger partial charge in [0, 0.05) is 54.1 Å². The monoisotopic (exact) mass is 991 g/mol. The molecule has 0 spiro atoms. The predicted octanol–water partition coefficient (Wildman–Crippen LogP) is 13.8. The molecule has 0 aliphatic rings. The number of para-hydroxylation sites is 3. The molecule has 4 heterocycles. The number of pyridine rings is 2. The Labute approximate surface area is 373 Å². The number of imidazole rings is 1. The second-order valence-corrected chi connectivity index (χ2v) is 22.1. The van der Waals surface area contributed by atoms with Gasteiger partial charge >= 0.3 is 0 Å². The summed E-state index contributed by atoms with van der Waals surface area (Å²) < 4.78 is 53.7. The minimum Gasteiger partial charge on any atom is -0.486 e. The van der Waals surface area contributed by atoms with Gasteiger partial charge in [0.15, 0.2) is 0 Å². The van der Waals surface area contributed by atoms with Crippen LogP contribution in [-0.4, -0.2) is 27.6 Å². The van der Waals surface area contributed by atoms with Gasteiger partial charge in [0.1, 0.15) is 0 Å². The van der Waals surface area contributed by atoms with Crippen molar-refractivity contribution in [3.05, 3.63) is 150 Å². The van der Waals surface area contributed by atoms with Crippen LogP contribution in [0.25, 0.3) is 72.3 Å². The molecule has 5 aromatic carbocycles. The van der Waals surface area contributed by atoms with E-state index in [-0.39, 0.29) is 31.5 Å². The van der Waals surface area contributed by atoms with Crippen molar-refractivity contribution < 1.29 is 34.4 Å². The maximum Gasteiger partial charge on any atom is 0.216 e. The topological polar surface area (TPSA) is 56.7 Å². The Morgan fingerprint density at radius 1 is 0.783 bits per heavy atom. The molecule has 4 aromatic heterocycles. The molecule has 307 valence electrons. The van der Waals surface area contributed by atoms with Crippen molar-refractivity contribution in [1.82, 2.24) is 19.5 Å². The van der Waals surface area contributed by atoms with Crippen molar-refractivity contribution in [2.24, 2.45) is 0 Å². The summed E-state index contributed by atoms with van der Waals surface area (Å²) in [4.78, 5) is 14.5. The molecule has 60 heavy (non-hydrogen) atoms. The largest absolute Gasteiger partial charge is 0.486 e. The molecule has 5 nitrogen and oxygen atoms in total. The van der Waals surface area contributed by atoms with E-state index >= 15 is 0 Å². The molecule has 0 atom stereocenters. The Balaban J connectivity index is 0.000000236. The van der Waals surface area contributed by atoms with Crippen molar-refractivity contribution in [2.45, 2.75) is 85.8 Å². The maximum atomic E-state index is 13.0. The van der Waals surface area contributed by atoms with Crippen LogP contribution < -0.4 is 5.19 Å². The van der Waals surface area contributed by atoms with Crippen LogP contribution in [-0.2, 0) is 20.1 Å². The van der Waals surface area contributed by atoms with E-state index in [1.54, 1.807) is 24.3 Å². The van der Waals surface area contributed by atoms with Crippen LogP contribution in [0.1, 0.15) is 87.0 Å². The van der Waals surface area contributed by atoms with E-state index in [9.17, 15) is 4.39 Å². The average molecular weight is 991 g/mol. The van der Waals surface area contributed by atoms with Gasteiger partial charge in [-0.25, -0.2) is 4.98 Å². The second kappa shape index (κ2) is 17.0. The summed E-state index contributed by atoms with van der Waals surface area (Å²) in [7, 11) is -1.57. The molecule has 1 radical (unpaired) electrons. The fraction of sp³-hybridized carbons (Fsp3) is 0.250. The number of hydrogen-bond acceptors (Lipinski definition) is 4. The first kappa shape index (κ1) is 37.7. The Hall–Kier alpha value is -5.27. The fourth-order valence-corrected chi connectivity index (χ4v) is 9.45. The van der Waals surface area contributed by atoms with Crippen LogP contribution in [0.2, 0.25) is 19.6 Å². The normalized spacial score (nSPS) is 13.3. The first-order valence-corrected chi connectivity index (χ1v) is 23.7. The van der Waals surface area contributed by atoms with Gasteiger partial charge in [-0.05, 0) is 76.9 Å². The first-order valence-electron chi connectivity index (χ1n) is 22.2. The number of aromatic nitrogens is 4. The van der Waals surface area contributed by atoms with E-state index in [2.05, 4.69) is 93.3 Å². The number of furan rings is 1. The van der Waals surface area contributed by atoms with Crippen LogP contribution in [0, 0.1) is 24.8 Å². The van der Waals surface area contributed by atoms with Gasteiger partial charge in [-0.3, -0.25) is 9.37 Å². The van der Waals surface area contributed by atoms with Crippen molar-refractivity contribution >= 4 is 57.3 Å². The maximum absolute atomic E-state index is 13.0.